The van der Waals surface area contributed by atoms with Gasteiger partial charge in [-0.3, -0.25) is 4.79 Å². The molecule has 1 aliphatic heterocycles. The molecule has 1 fully saturated rings. The predicted molar refractivity (Wildman–Crippen MR) is 101 cm³/mol. The van der Waals surface area contributed by atoms with Crippen molar-refractivity contribution in [3.63, 3.8) is 0 Å². The van der Waals surface area contributed by atoms with E-state index in [1.807, 2.05) is 11.8 Å². The summed E-state index contributed by atoms with van der Waals surface area (Å²) in [4.78, 5) is 11.8. The molecule has 2 nitrogen and oxygen atoms in total. The smallest absolute Gasteiger partial charge is 0.303 e. The summed E-state index contributed by atoms with van der Waals surface area (Å²) in [5.41, 5.74) is 0. The minimum absolute atomic E-state index is 0.281. The van der Waals surface area contributed by atoms with Crippen molar-refractivity contribution in [2.75, 3.05) is 17.3 Å². The molecule has 0 saturated carbocycles. The molecule has 0 bridgehead atoms. The fraction of sp³-hybridized carbons (Fsp3) is 0.526. The average molecular weight is 351 g/mol. The summed E-state index contributed by atoms with van der Waals surface area (Å²) in [6.07, 6.45) is 8.81. The molecule has 1 saturated heterocycles. The Hall–Kier alpha value is -0.870. The number of hydrogen-bond acceptors (Lipinski definition) is 3. The zero-order valence-corrected chi connectivity index (χ0v) is 15.2. The summed E-state index contributed by atoms with van der Waals surface area (Å²) in [6, 6.07) is 10.6. The van der Waals surface area contributed by atoms with Crippen LogP contribution in [0.25, 0.3) is 0 Å². The lowest BCUT2D eigenvalue weighted by atomic mass is 9.90. The van der Waals surface area contributed by atoms with Crippen molar-refractivity contribution in [3.8, 4) is 0 Å². The molecule has 0 unspecified atom stereocenters. The van der Waals surface area contributed by atoms with Crippen LogP contribution in [-0.4, -0.2) is 28.3 Å². The lowest BCUT2D eigenvalue weighted by Crippen LogP contribution is -2.12. The van der Waals surface area contributed by atoms with Crippen LogP contribution in [0.3, 0.4) is 0 Å². The number of benzene rings is 1. The number of rotatable bonds is 10. The van der Waals surface area contributed by atoms with Gasteiger partial charge < -0.3 is 5.11 Å². The molecule has 2 atom stereocenters. The lowest BCUT2D eigenvalue weighted by molar-refractivity contribution is -0.137. The number of carboxylic acid groups (broad SMARTS) is 1. The van der Waals surface area contributed by atoms with Gasteiger partial charge in [0.1, 0.15) is 0 Å². The highest BCUT2D eigenvalue weighted by molar-refractivity contribution is 7.99. The van der Waals surface area contributed by atoms with Crippen molar-refractivity contribution in [3.05, 3.63) is 42.5 Å². The SMILES string of the molecule is O=C(O)CCCC=CC[C@H]1CSC[C@H]1CCSc1ccccc1. The summed E-state index contributed by atoms with van der Waals surface area (Å²) in [5, 5.41) is 8.61. The molecule has 0 aromatic heterocycles. The van der Waals surface area contributed by atoms with Crippen LogP contribution >= 0.6 is 23.5 Å². The normalized spacial score (nSPS) is 21.0. The van der Waals surface area contributed by atoms with Crippen molar-refractivity contribution in [1.82, 2.24) is 0 Å². The van der Waals surface area contributed by atoms with Crippen molar-refractivity contribution in [2.45, 2.75) is 37.0 Å². The van der Waals surface area contributed by atoms with Gasteiger partial charge in [0, 0.05) is 11.3 Å². The number of aliphatic carboxylic acids is 1. The summed E-state index contributed by atoms with van der Waals surface area (Å²) in [6.45, 7) is 0. The molecule has 1 heterocycles. The van der Waals surface area contributed by atoms with Crippen molar-refractivity contribution >= 4 is 29.5 Å². The molecule has 1 aromatic rings. The van der Waals surface area contributed by atoms with Gasteiger partial charge in [-0.25, -0.2) is 0 Å². The maximum atomic E-state index is 10.5. The van der Waals surface area contributed by atoms with Crippen molar-refractivity contribution in [2.24, 2.45) is 11.8 Å². The molecule has 0 aliphatic carbocycles. The molecule has 2 rings (SSSR count). The van der Waals surface area contributed by atoms with Crippen molar-refractivity contribution in [1.29, 1.82) is 0 Å². The zero-order chi connectivity index (χ0) is 16.3. The second-order valence-corrected chi connectivity index (χ2v) is 8.24. The molecule has 0 amide bonds. The molecule has 0 radical (unpaired) electrons. The maximum absolute atomic E-state index is 10.5. The average Bonchev–Trinajstić information content (AvgIpc) is 2.99. The molecular formula is C19H26O2S2. The van der Waals surface area contributed by atoms with Crippen LogP contribution in [0.1, 0.15) is 32.1 Å². The predicted octanol–water partition coefficient (Wildman–Crippen LogP) is 5.35. The number of hydrogen-bond donors (Lipinski definition) is 1. The molecule has 1 N–H and O–H groups in total. The summed E-state index contributed by atoms with van der Waals surface area (Å²) in [7, 11) is 0. The van der Waals surface area contributed by atoms with Crippen LogP contribution < -0.4 is 0 Å². The van der Waals surface area contributed by atoms with Gasteiger partial charge in [-0.1, -0.05) is 30.4 Å². The summed E-state index contributed by atoms with van der Waals surface area (Å²) >= 11 is 4.05. The Balaban J connectivity index is 1.62. The van der Waals surface area contributed by atoms with Crippen LogP contribution in [0.5, 0.6) is 0 Å². The van der Waals surface area contributed by atoms with E-state index < -0.39 is 5.97 Å². The second kappa shape index (κ2) is 10.8. The third-order valence-corrected chi connectivity index (χ3v) is 6.57. The first-order valence-corrected chi connectivity index (χ1v) is 10.5. The highest BCUT2D eigenvalue weighted by Crippen LogP contribution is 2.36. The monoisotopic (exact) mass is 350 g/mol. The zero-order valence-electron chi connectivity index (χ0n) is 13.5. The van der Waals surface area contributed by atoms with E-state index in [1.54, 1.807) is 0 Å². The number of carboxylic acids is 1. The Kier molecular flexibility index (Phi) is 8.69. The number of unbranched alkanes of at least 4 members (excludes halogenated alkanes) is 1. The van der Waals surface area contributed by atoms with Crippen LogP contribution in [-0.2, 0) is 4.79 Å². The van der Waals surface area contributed by atoms with Gasteiger partial charge in [0.2, 0.25) is 0 Å². The van der Waals surface area contributed by atoms with Crippen molar-refractivity contribution < 1.29 is 9.90 Å². The molecule has 4 heteroatoms. The molecule has 1 aromatic carbocycles. The summed E-state index contributed by atoms with van der Waals surface area (Å²) in [5.74, 6) is 4.72. The molecule has 0 spiro atoms. The third kappa shape index (κ3) is 7.49. The first-order valence-electron chi connectivity index (χ1n) is 8.38. The Morgan fingerprint density at radius 1 is 1.22 bits per heavy atom. The van der Waals surface area contributed by atoms with Gasteiger partial charge in [0.15, 0.2) is 0 Å². The minimum Gasteiger partial charge on any atom is -0.481 e. The highest BCUT2D eigenvalue weighted by atomic mass is 32.2. The van der Waals surface area contributed by atoms with Crippen LogP contribution in [0.2, 0.25) is 0 Å². The van der Waals surface area contributed by atoms with Crippen LogP contribution in [0.4, 0.5) is 0 Å². The first-order chi connectivity index (χ1) is 11.3. The maximum Gasteiger partial charge on any atom is 0.303 e. The Bertz CT molecular complexity index is 487. The fourth-order valence-corrected chi connectivity index (χ4v) is 5.42. The second-order valence-electron chi connectivity index (χ2n) is 6.00. The van der Waals surface area contributed by atoms with Gasteiger partial charge in [-0.15, -0.1) is 11.8 Å². The fourth-order valence-electron chi connectivity index (χ4n) is 2.83. The van der Waals surface area contributed by atoms with E-state index in [2.05, 4.69) is 54.2 Å². The molecule has 1 aliphatic rings. The highest BCUT2D eigenvalue weighted by Gasteiger charge is 2.26. The lowest BCUT2D eigenvalue weighted by Gasteiger charge is -2.16. The van der Waals surface area contributed by atoms with E-state index in [4.69, 9.17) is 5.11 Å². The van der Waals surface area contributed by atoms with Gasteiger partial charge >= 0.3 is 5.97 Å². The van der Waals surface area contributed by atoms with E-state index in [1.165, 1.54) is 28.6 Å². The van der Waals surface area contributed by atoms with E-state index in [0.717, 1.165) is 31.1 Å². The number of allylic oxidation sites excluding steroid dienone is 2. The number of thioether (sulfide) groups is 2. The van der Waals surface area contributed by atoms with Gasteiger partial charge in [0.25, 0.3) is 0 Å². The third-order valence-electron chi connectivity index (χ3n) is 4.20. The Labute approximate surface area is 148 Å². The molecular weight excluding hydrogens is 324 g/mol. The van der Waals surface area contributed by atoms with Gasteiger partial charge in [0.05, 0.1) is 0 Å². The minimum atomic E-state index is -0.693. The van der Waals surface area contributed by atoms with E-state index in [0.29, 0.717) is 0 Å². The van der Waals surface area contributed by atoms with E-state index in [-0.39, 0.29) is 6.42 Å². The first kappa shape index (κ1) is 18.5. The molecule has 126 valence electrons. The topological polar surface area (TPSA) is 37.3 Å². The largest absolute Gasteiger partial charge is 0.481 e. The summed E-state index contributed by atoms with van der Waals surface area (Å²) < 4.78 is 0. The Morgan fingerprint density at radius 3 is 2.78 bits per heavy atom. The van der Waals surface area contributed by atoms with Gasteiger partial charge in [-0.05, 0) is 66.9 Å². The standard InChI is InChI=1S/C19H26O2S2/c20-19(21)11-7-2-1-4-8-16-14-22-15-17(16)12-13-23-18-9-5-3-6-10-18/h1,3-6,9-10,16-17H,2,7-8,11-15H2,(H,20,21)/t16-,17+/m0/s1. The van der Waals surface area contributed by atoms with E-state index >= 15 is 0 Å². The van der Waals surface area contributed by atoms with E-state index in [9.17, 15) is 4.79 Å². The van der Waals surface area contributed by atoms with Crippen LogP contribution in [0.15, 0.2) is 47.4 Å². The van der Waals surface area contributed by atoms with Crippen LogP contribution in [0, 0.1) is 11.8 Å². The van der Waals surface area contributed by atoms with Gasteiger partial charge in [-0.2, -0.15) is 11.8 Å². The quantitative estimate of drug-likeness (QED) is 0.351. The number of carbonyl (C=O) groups is 1. The molecule has 23 heavy (non-hydrogen) atoms. The Morgan fingerprint density at radius 2 is 2.00 bits per heavy atom.